The summed E-state index contributed by atoms with van der Waals surface area (Å²) >= 11 is 1.82. The van der Waals surface area contributed by atoms with Crippen LogP contribution in [0.1, 0.15) is 6.23 Å². The molecule has 1 aliphatic rings. The Balaban J connectivity index is 2.22. The van der Waals surface area contributed by atoms with Gasteiger partial charge in [0.1, 0.15) is 24.1 Å². The van der Waals surface area contributed by atoms with Crippen LogP contribution in [-0.4, -0.2) is 54.5 Å². The third-order valence-electron chi connectivity index (χ3n) is 2.95. The fourth-order valence-electron chi connectivity index (χ4n) is 1.91. The van der Waals surface area contributed by atoms with Crippen molar-refractivity contribution in [1.29, 1.82) is 0 Å². The first-order chi connectivity index (χ1) is 10.1. The monoisotopic (exact) mass is 449 g/mol. The summed E-state index contributed by atoms with van der Waals surface area (Å²) in [7, 11) is -4.75. The van der Waals surface area contributed by atoms with Crippen molar-refractivity contribution >= 4 is 36.2 Å². The first-order valence-electron chi connectivity index (χ1n) is 5.86. The van der Waals surface area contributed by atoms with Gasteiger partial charge in [0.25, 0.3) is 0 Å². The van der Waals surface area contributed by atoms with Gasteiger partial charge in [-0.3, -0.25) is 9.09 Å². The molecule has 1 aliphatic heterocycles. The zero-order valence-electron chi connectivity index (χ0n) is 10.8. The quantitative estimate of drug-likeness (QED) is 0.259. The maximum atomic E-state index is 11.8. The maximum absolute atomic E-state index is 11.8. The molecule has 0 amide bonds. The number of aliphatic hydroxyl groups is 2. The van der Waals surface area contributed by atoms with Gasteiger partial charge in [-0.15, -0.1) is 0 Å². The number of phosphoric ester groups is 1. The number of aliphatic hydroxyl groups excluding tert-OH is 2. The molecule has 1 saturated heterocycles. The third-order valence-corrected chi connectivity index (χ3v) is 4.27. The molecule has 0 aromatic carbocycles. The molecule has 1 aromatic heterocycles. The normalized spacial score (nSPS) is 29.0. The number of rotatable bonds is 4. The molecule has 0 bridgehead atoms. The third kappa shape index (κ3) is 3.83. The van der Waals surface area contributed by atoms with Crippen LogP contribution in [-0.2, 0) is 13.8 Å². The van der Waals surface area contributed by atoms with Crippen molar-refractivity contribution in [3.05, 3.63) is 20.3 Å². The molecule has 0 radical (unpaired) electrons. The van der Waals surface area contributed by atoms with E-state index in [1.165, 1.54) is 6.20 Å². The van der Waals surface area contributed by atoms with Gasteiger partial charge in [0, 0.05) is 6.20 Å². The van der Waals surface area contributed by atoms with Crippen molar-refractivity contribution < 1.29 is 33.8 Å². The van der Waals surface area contributed by atoms with Crippen LogP contribution in [0, 0.1) is 3.57 Å². The topological polar surface area (TPSA) is 177 Å². The highest BCUT2D eigenvalue weighted by atomic mass is 127. The molecule has 13 heteroatoms. The number of hydrogen-bond donors (Lipinski definition) is 5. The van der Waals surface area contributed by atoms with Crippen LogP contribution in [0.4, 0.5) is 5.82 Å². The molecular weight excluding hydrogens is 436 g/mol. The van der Waals surface area contributed by atoms with E-state index in [2.05, 4.69) is 9.51 Å². The summed E-state index contributed by atoms with van der Waals surface area (Å²) in [4.78, 5) is 32.6. The Morgan fingerprint density at radius 3 is 2.68 bits per heavy atom. The van der Waals surface area contributed by atoms with Gasteiger partial charge in [-0.25, -0.2) is 9.36 Å². The zero-order valence-corrected chi connectivity index (χ0v) is 13.9. The van der Waals surface area contributed by atoms with E-state index in [1.54, 1.807) is 0 Å². The van der Waals surface area contributed by atoms with E-state index in [0.29, 0.717) is 3.57 Å². The van der Waals surface area contributed by atoms with Crippen LogP contribution in [0.3, 0.4) is 0 Å². The molecule has 22 heavy (non-hydrogen) atoms. The summed E-state index contributed by atoms with van der Waals surface area (Å²) in [5, 5.41) is 19.8. The van der Waals surface area contributed by atoms with Gasteiger partial charge in [0.2, 0.25) is 0 Å². The molecule has 0 spiro atoms. The second kappa shape index (κ2) is 6.49. The number of ether oxygens (including phenoxy) is 1. The smallest absolute Gasteiger partial charge is 0.387 e. The van der Waals surface area contributed by atoms with Crippen LogP contribution in [0.2, 0.25) is 0 Å². The molecule has 1 aromatic rings. The van der Waals surface area contributed by atoms with Crippen LogP contribution >= 0.6 is 30.4 Å². The highest BCUT2D eigenvalue weighted by molar-refractivity contribution is 14.1. The van der Waals surface area contributed by atoms with Crippen molar-refractivity contribution in [2.24, 2.45) is 0 Å². The van der Waals surface area contributed by atoms with E-state index in [0.717, 1.165) is 4.57 Å². The first kappa shape index (κ1) is 17.7. The maximum Gasteiger partial charge on any atom is 0.469 e. The molecular formula is C9H13IN3O8P. The van der Waals surface area contributed by atoms with E-state index < -0.39 is 44.7 Å². The molecule has 6 N–H and O–H groups in total. The minimum absolute atomic E-state index is 0.0104. The lowest BCUT2D eigenvalue weighted by molar-refractivity contribution is -0.0543. The van der Waals surface area contributed by atoms with Gasteiger partial charge in [-0.1, -0.05) is 0 Å². The average Bonchev–Trinajstić information content (AvgIpc) is 2.68. The summed E-state index contributed by atoms with van der Waals surface area (Å²) in [6, 6.07) is 0. The van der Waals surface area contributed by atoms with Gasteiger partial charge >= 0.3 is 13.5 Å². The largest absolute Gasteiger partial charge is 0.469 e. The Labute approximate surface area is 137 Å². The summed E-state index contributed by atoms with van der Waals surface area (Å²) in [6.07, 6.45) is -4.23. The SMILES string of the molecule is Nc1nc(=O)n(C2OC(COP(=O)(O)O)C(O)C2O)cc1I. The van der Waals surface area contributed by atoms with E-state index in [-0.39, 0.29) is 5.82 Å². The number of nitrogens with zero attached hydrogens (tertiary/aromatic N) is 2. The number of anilines is 1. The van der Waals surface area contributed by atoms with Crippen molar-refractivity contribution in [2.75, 3.05) is 12.3 Å². The van der Waals surface area contributed by atoms with Crippen molar-refractivity contribution in [1.82, 2.24) is 9.55 Å². The fourth-order valence-corrected chi connectivity index (χ4v) is 2.67. The van der Waals surface area contributed by atoms with Gasteiger partial charge in [-0.05, 0) is 22.6 Å². The highest BCUT2D eigenvalue weighted by Crippen LogP contribution is 2.38. The highest BCUT2D eigenvalue weighted by Gasteiger charge is 2.45. The van der Waals surface area contributed by atoms with E-state index in [9.17, 15) is 19.6 Å². The molecule has 4 unspecified atom stereocenters. The number of halogens is 1. The summed E-state index contributed by atoms with van der Waals surface area (Å²) < 4.78 is 21.5. The molecule has 0 saturated carbocycles. The number of hydrogen-bond acceptors (Lipinski definition) is 8. The van der Waals surface area contributed by atoms with Crippen LogP contribution < -0.4 is 11.4 Å². The lowest BCUT2D eigenvalue weighted by Gasteiger charge is -2.17. The molecule has 2 rings (SSSR count). The van der Waals surface area contributed by atoms with Gasteiger partial charge in [0.15, 0.2) is 6.23 Å². The minimum atomic E-state index is -4.75. The Morgan fingerprint density at radius 1 is 1.45 bits per heavy atom. The predicted molar refractivity (Wildman–Crippen MR) is 79.5 cm³/mol. The molecule has 2 heterocycles. The Hall–Kier alpha value is -0.600. The molecule has 4 atom stereocenters. The molecule has 124 valence electrons. The summed E-state index contributed by atoms with van der Waals surface area (Å²) in [5.74, 6) is 0.0104. The van der Waals surface area contributed by atoms with E-state index in [1.807, 2.05) is 22.6 Å². The lowest BCUT2D eigenvalue weighted by Crippen LogP contribution is -2.36. The number of phosphoric acid groups is 1. The number of nitrogens with two attached hydrogens (primary N) is 1. The van der Waals surface area contributed by atoms with Crippen molar-refractivity contribution in [3.8, 4) is 0 Å². The van der Waals surface area contributed by atoms with E-state index >= 15 is 0 Å². The second-order valence-corrected chi connectivity index (χ2v) is 6.90. The Bertz CT molecular complexity index is 663. The zero-order chi connectivity index (χ0) is 16.7. The molecule has 1 fully saturated rings. The minimum Gasteiger partial charge on any atom is -0.387 e. The van der Waals surface area contributed by atoms with Crippen molar-refractivity contribution in [2.45, 2.75) is 24.5 Å². The summed E-state index contributed by atoms with van der Waals surface area (Å²) in [6.45, 7) is -0.659. The lowest BCUT2D eigenvalue weighted by atomic mass is 10.1. The van der Waals surface area contributed by atoms with Gasteiger partial charge in [-0.2, -0.15) is 4.98 Å². The predicted octanol–water partition coefficient (Wildman–Crippen LogP) is -1.84. The van der Waals surface area contributed by atoms with Crippen LogP contribution in [0.25, 0.3) is 0 Å². The van der Waals surface area contributed by atoms with Crippen LogP contribution in [0.5, 0.6) is 0 Å². The number of nitrogen functional groups attached to an aromatic ring is 1. The summed E-state index contributed by atoms with van der Waals surface area (Å²) in [5.41, 5.74) is 4.68. The Morgan fingerprint density at radius 2 is 2.09 bits per heavy atom. The van der Waals surface area contributed by atoms with Crippen LogP contribution in [0.15, 0.2) is 11.0 Å². The first-order valence-corrected chi connectivity index (χ1v) is 8.47. The standard InChI is InChI=1S/C9H13IN3O8P/c10-3-1-13(9(16)12-7(3)11)8-6(15)5(14)4(21-8)2-20-22(17,18)19/h1,4-6,8,14-15H,2H2,(H2,11,12,16)(H2,17,18,19). The van der Waals surface area contributed by atoms with Crippen molar-refractivity contribution in [3.63, 3.8) is 0 Å². The fraction of sp³-hybridized carbons (Fsp3) is 0.556. The van der Waals surface area contributed by atoms with Gasteiger partial charge in [0.05, 0.1) is 10.2 Å². The number of aromatic nitrogens is 2. The van der Waals surface area contributed by atoms with Gasteiger partial charge < -0.3 is 30.5 Å². The molecule has 11 nitrogen and oxygen atoms in total. The molecule has 0 aliphatic carbocycles. The van der Waals surface area contributed by atoms with E-state index in [4.69, 9.17) is 20.3 Å². The average molecular weight is 449 g/mol. The Kier molecular flexibility index (Phi) is 5.23. The second-order valence-electron chi connectivity index (χ2n) is 4.50.